The van der Waals surface area contributed by atoms with E-state index in [2.05, 4.69) is 5.32 Å². The van der Waals surface area contributed by atoms with E-state index in [0.29, 0.717) is 11.6 Å². The van der Waals surface area contributed by atoms with Crippen LogP contribution in [0.5, 0.6) is 0 Å². The number of carboxylic acids is 1. The lowest BCUT2D eigenvalue weighted by atomic mass is 10.2. The summed E-state index contributed by atoms with van der Waals surface area (Å²) < 4.78 is 13.1. The van der Waals surface area contributed by atoms with Gasteiger partial charge in [0.25, 0.3) is 0 Å². The summed E-state index contributed by atoms with van der Waals surface area (Å²) in [7, 11) is 0. The summed E-state index contributed by atoms with van der Waals surface area (Å²) in [5.74, 6) is -2.27. The molecule has 1 aromatic carbocycles. The quantitative estimate of drug-likeness (QED) is 0.766. The highest BCUT2D eigenvalue weighted by Crippen LogP contribution is 2.13. The van der Waals surface area contributed by atoms with E-state index in [-0.39, 0.29) is 5.69 Å². The minimum atomic E-state index is -1.22. The normalized spacial score (nSPS) is 10.4. The first-order chi connectivity index (χ1) is 7.49. The molecule has 0 aromatic heterocycles. The summed E-state index contributed by atoms with van der Waals surface area (Å²) in [6.45, 7) is 1.60. The van der Waals surface area contributed by atoms with Crippen LogP contribution in [0, 0.1) is 12.7 Å². The Morgan fingerprint density at radius 2 is 2.06 bits per heavy atom. The second kappa shape index (κ2) is 5.06. The lowest BCUT2D eigenvalue weighted by Gasteiger charge is -2.03. The Balaban J connectivity index is 2.70. The minimum Gasteiger partial charge on any atom is -0.478 e. The number of anilines is 1. The zero-order valence-electron chi connectivity index (χ0n) is 8.53. The Bertz CT molecular complexity index is 455. The van der Waals surface area contributed by atoms with E-state index in [4.69, 9.17) is 5.11 Å². The van der Waals surface area contributed by atoms with Gasteiger partial charge < -0.3 is 10.4 Å². The molecule has 0 saturated heterocycles. The van der Waals surface area contributed by atoms with Gasteiger partial charge in [0.05, 0.1) is 0 Å². The number of amides is 1. The van der Waals surface area contributed by atoms with Crippen LogP contribution in [0.2, 0.25) is 0 Å². The molecule has 16 heavy (non-hydrogen) atoms. The maximum atomic E-state index is 13.1. The number of hydrogen-bond acceptors (Lipinski definition) is 2. The summed E-state index contributed by atoms with van der Waals surface area (Å²) in [5, 5.41) is 10.6. The van der Waals surface area contributed by atoms with Crippen LogP contribution in [0.3, 0.4) is 0 Å². The molecule has 0 aliphatic rings. The van der Waals surface area contributed by atoms with Crippen molar-refractivity contribution >= 4 is 17.6 Å². The third kappa shape index (κ3) is 3.53. The molecule has 1 amide bonds. The Kier molecular flexibility index (Phi) is 3.77. The molecular weight excluding hydrogens is 213 g/mol. The Morgan fingerprint density at radius 1 is 1.38 bits per heavy atom. The summed E-state index contributed by atoms with van der Waals surface area (Å²) in [6, 6.07) is 4.22. The van der Waals surface area contributed by atoms with Crippen molar-refractivity contribution in [1.29, 1.82) is 0 Å². The number of carboxylic acid groups (broad SMARTS) is 1. The van der Waals surface area contributed by atoms with E-state index in [1.807, 2.05) is 0 Å². The largest absolute Gasteiger partial charge is 0.478 e. The molecule has 0 unspecified atom stereocenters. The highest BCUT2D eigenvalue weighted by molar-refractivity contribution is 6.02. The molecule has 0 saturated carbocycles. The molecule has 5 heteroatoms. The van der Waals surface area contributed by atoms with Gasteiger partial charge >= 0.3 is 5.97 Å². The number of benzene rings is 1. The van der Waals surface area contributed by atoms with Crippen molar-refractivity contribution in [3.63, 3.8) is 0 Å². The molecule has 84 valence electrons. The fourth-order valence-electron chi connectivity index (χ4n) is 1.00. The summed E-state index contributed by atoms with van der Waals surface area (Å²) in [6.07, 6.45) is 1.57. The zero-order valence-corrected chi connectivity index (χ0v) is 8.53. The van der Waals surface area contributed by atoms with Crippen LogP contribution in [0.1, 0.15) is 5.56 Å². The maximum absolute atomic E-state index is 13.1. The van der Waals surface area contributed by atoms with Gasteiger partial charge in [-0.25, -0.2) is 9.18 Å². The molecule has 0 bridgehead atoms. The van der Waals surface area contributed by atoms with Crippen LogP contribution in [0.4, 0.5) is 10.1 Å². The van der Waals surface area contributed by atoms with Crippen molar-refractivity contribution in [2.24, 2.45) is 0 Å². The molecule has 1 rings (SSSR count). The van der Waals surface area contributed by atoms with Crippen molar-refractivity contribution in [1.82, 2.24) is 0 Å². The topological polar surface area (TPSA) is 66.4 Å². The molecule has 0 aliphatic heterocycles. The lowest BCUT2D eigenvalue weighted by molar-refractivity contribution is -0.131. The summed E-state index contributed by atoms with van der Waals surface area (Å²) in [4.78, 5) is 21.3. The Labute approximate surface area is 91.4 Å². The first-order valence-electron chi connectivity index (χ1n) is 4.47. The highest BCUT2D eigenvalue weighted by atomic mass is 19.1. The predicted octanol–water partition coefficient (Wildman–Crippen LogP) is 1.71. The van der Waals surface area contributed by atoms with E-state index in [1.165, 1.54) is 18.2 Å². The number of nitrogens with one attached hydrogen (secondary N) is 1. The number of aliphatic carboxylic acids is 1. The third-order valence-electron chi connectivity index (χ3n) is 1.82. The molecule has 0 heterocycles. The van der Waals surface area contributed by atoms with Gasteiger partial charge in [0, 0.05) is 17.8 Å². The fourth-order valence-corrected chi connectivity index (χ4v) is 1.00. The molecule has 0 atom stereocenters. The molecule has 0 fully saturated rings. The van der Waals surface area contributed by atoms with Gasteiger partial charge in [-0.15, -0.1) is 0 Å². The number of rotatable bonds is 3. The molecule has 0 radical (unpaired) electrons. The number of aryl methyl sites for hydroxylation is 1. The van der Waals surface area contributed by atoms with E-state index in [0.717, 1.165) is 6.08 Å². The standard InChI is InChI=1S/C11H10FNO3/c1-7-2-3-8(6-9(7)12)13-10(14)4-5-11(15)16/h2-6H,1H3,(H,13,14)(H,15,16)/b5-4+. The van der Waals surface area contributed by atoms with Gasteiger partial charge in [-0.2, -0.15) is 0 Å². The van der Waals surface area contributed by atoms with Crippen LogP contribution >= 0.6 is 0 Å². The molecule has 0 spiro atoms. The number of hydrogen-bond donors (Lipinski definition) is 2. The molecular formula is C11H10FNO3. The van der Waals surface area contributed by atoms with Crippen molar-refractivity contribution in [2.45, 2.75) is 6.92 Å². The van der Waals surface area contributed by atoms with Crippen molar-refractivity contribution in [2.75, 3.05) is 5.32 Å². The number of carbonyl (C=O) groups is 2. The van der Waals surface area contributed by atoms with E-state index in [9.17, 15) is 14.0 Å². The minimum absolute atomic E-state index is 0.281. The maximum Gasteiger partial charge on any atom is 0.328 e. The molecule has 2 N–H and O–H groups in total. The van der Waals surface area contributed by atoms with Crippen molar-refractivity contribution < 1.29 is 19.1 Å². The van der Waals surface area contributed by atoms with Gasteiger partial charge in [0.1, 0.15) is 5.82 Å². The SMILES string of the molecule is Cc1ccc(NC(=O)/C=C/C(=O)O)cc1F. The van der Waals surface area contributed by atoms with Crippen molar-refractivity contribution in [3.8, 4) is 0 Å². The zero-order chi connectivity index (χ0) is 12.1. The second-order valence-corrected chi connectivity index (χ2v) is 3.12. The van der Waals surface area contributed by atoms with Crippen LogP contribution < -0.4 is 5.32 Å². The van der Waals surface area contributed by atoms with Crippen LogP contribution in [-0.4, -0.2) is 17.0 Å². The van der Waals surface area contributed by atoms with E-state index < -0.39 is 17.7 Å². The molecule has 0 aliphatic carbocycles. The van der Waals surface area contributed by atoms with Crippen LogP contribution in [0.15, 0.2) is 30.4 Å². The van der Waals surface area contributed by atoms with Gasteiger partial charge in [-0.05, 0) is 24.6 Å². The average Bonchev–Trinajstić information content (AvgIpc) is 2.21. The van der Waals surface area contributed by atoms with Gasteiger partial charge in [0.15, 0.2) is 0 Å². The Morgan fingerprint density at radius 3 is 2.62 bits per heavy atom. The van der Waals surface area contributed by atoms with Crippen LogP contribution in [-0.2, 0) is 9.59 Å². The third-order valence-corrected chi connectivity index (χ3v) is 1.82. The van der Waals surface area contributed by atoms with Gasteiger partial charge in [-0.3, -0.25) is 4.79 Å². The van der Waals surface area contributed by atoms with Crippen molar-refractivity contribution in [3.05, 3.63) is 41.7 Å². The first-order valence-corrected chi connectivity index (χ1v) is 4.47. The average molecular weight is 223 g/mol. The lowest BCUT2D eigenvalue weighted by Crippen LogP contribution is -2.08. The monoisotopic (exact) mass is 223 g/mol. The van der Waals surface area contributed by atoms with Crippen LogP contribution in [0.25, 0.3) is 0 Å². The Hall–Kier alpha value is -2.17. The highest BCUT2D eigenvalue weighted by Gasteiger charge is 2.02. The van der Waals surface area contributed by atoms with E-state index >= 15 is 0 Å². The predicted molar refractivity (Wildman–Crippen MR) is 56.5 cm³/mol. The molecule has 4 nitrogen and oxygen atoms in total. The van der Waals surface area contributed by atoms with E-state index in [1.54, 1.807) is 6.92 Å². The number of carbonyl (C=O) groups excluding carboxylic acids is 1. The summed E-state index contributed by atoms with van der Waals surface area (Å²) in [5.41, 5.74) is 0.752. The summed E-state index contributed by atoms with van der Waals surface area (Å²) >= 11 is 0. The van der Waals surface area contributed by atoms with Gasteiger partial charge in [-0.1, -0.05) is 6.07 Å². The fraction of sp³-hybridized carbons (Fsp3) is 0.0909. The molecule has 1 aromatic rings. The number of halogens is 1. The smallest absolute Gasteiger partial charge is 0.328 e. The first kappa shape index (κ1) is 11.9. The van der Waals surface area contributed by atoms with Gasteiger partial charge in [0.2, 0.25) is 5.91 Å². The second-order valence-electron chi connectivity index (χ2n) is 3.12.